The van der Waals surface area contributed by atoms with Crippen LogP contribution in [-0.2, 0) is 0 Å². The van der Waals surface area contributed by atoms with Gasteiger partial charge in [0.15, 0.2) is 0 Å². The van der Waals surface area contributed by atoms with E-state index in [0.29, 0.717) is 16.4 Å². The molecule has 0 bridgehead atoms. The van der Waals surface area contributed by atoms with E-state index in [9.17, 15) is 4.79 Å². The van der Waals surface area contributed by atoms with Crippen molar-refractivity contribution in [1.29, 1.82) is 0 Å². The van der Waals surface area contributed by atoms with Gasteiger partial charge in [-0.1, -0.05) is 11.6 Å². The lowest BCUT2D eigenvalue weighted by atomic mass is 10.3. The minimum absolute atomic E-state index is 0.141. The molecule has 2 N–H and O–H groups in total. The van der Waals surface area contributed by atoms with Crippen LogP contribution >= 0.6 is 11.6 Å². The zero-order chi connectivity index (χ0) is 10.8. The van der Waals surface area contributed by atoms with Crippen LogP contribution in [0.3, 0.4) is 0 Å². The van der Waals surface area contributed by atoms with Crippen LogP contribution in [0.2, 0.25) is 5.02 Å². The highest BCUT2D eigenvalue weighted by Crippen LogP contribution is 2.17. The number of aromatic amines is 1. The quantitative estimate of drug-likeness (QED) is 0.820. The molecule has 2 aromatic rings. The van der Waals surface area contributed by atoms with Gasteiger partial charge in [0.2, 0.25) is 0 Å². The summed E-state index contributed by atoms with van der Waals surface area (Å²) in [7, 11) is 0. The summed E-state index contributed by atoms with van der Waals surface area (Å²) in [6, 6.07) is 6.58. The Kier molecular flexibility index (Phi) is 2.43. The molecule has 0 aliphatic heterocycles. The Labute approximate surface area is 90.5 Å². The topological polar surface area (TPSA) is 66.0 Å². The van der Waals surface area contributed by atoms with E-state index < -0.39 is 5.97 Å². The van der Waals surface area contributed by atoms with Gasteiger partial charge in [-0.25, -0.2) is 4.79 Å². The molecule has 0 spiro atoms. The summed E-state index contributed by atoms with van der Waals surface area (Å²) < 4.78 is 0. The van der Waals surface area contributed by atoms with Gasteiger partial charge >= 0.3 is 5.97 Å². The number of carboxylic acids is 1. The summed E-state index contributed by atoms with van der Waals surface area (Å²) in [5, 5.41) is 9.26. The Morgan fingerprint density at radius 3 is 2.67 bits per heavy atom. The molecular formula is C10H7ClN2O2. The second-order valence-corrected chi connectivity index (χ2v) is 3.39. The Bertz CT molecular complexity index is 490. The number of rotatable bonds is 2. The van der Waals surface area contributed by atoms with Crippen LogP contribution < -0.4 is 0 Å². The number of hydrogen-bond acceptors (Lipinski definition) is 2. The van der Waals surface area contributed by atoms with E-state index in [1.807, 2.05) is 0 Å². The fraction of sp³-hybridized carbons (Fsp3) is 0. The lowest BCUT2D eigenvalue weighted by Crippen LogP contribution is -1.95. The summed E-state index contributed by atoms with van der Waals surface area (Å²) in [6.45, 7) is 0. The number of nitrogens with one attached hydrogen (secondary N) is 1. The number of hydrogen-bond donors (Lipinski definition) is 2. The van der Waals surface area contributed by atoms with Crippen molar-refractivity contribution in [3.05, 3.63) is 41.2 Å². The second kappa shape index (κ2) is 3.74. The number of aromatic nitrogens is 2. The highest BCUT2D eigenvalue weighted by atomic mass is 35.5. The summed E-state index contributed by atoms with van der Waals surface area (Å²) in [4.78, 5) is 17.4. The predicted molar refractivity (Wildman–Crippen MR) is 56.0 cm³/mol. The van der Waals surface area contributed by atoms with E-state index in [1.54, 1.807) is 18.2 Å². The van der Waals surface area contributed by atoms with Gasteiger partial charge in [-0.3, -0.25) is 4.98 Å². The first-order valence-corrected chi connectivity index (χ1v) is 4.59. The molecule has 2 rings (SSSR count). The Morgan fingerprint density at radius 1 is 1.33 bits per heavy atom. The van der Waals surface area contributed by atoms with Crippen molar-refractivity contribution in [2.24, 2.45) is 0 Å². The predicted octanol–water partition coefficient (Wildman–Crippen LogP) is 2.43. The third-order valence-corrected chi connectivity index (χ3v) is 2.14. The van der Waals surface area contributed by atoms with Gasteiger partial charge in [0, 0.05) is 6.20 Å². The number of carbonyl (C=O) groups is 1. The largest absolute Gasteiger partial charge is 0.477 e. The highest BCUT2D eigenvalue weighted by molar-refractivity contribution is 6.30. The van der Waals surface area contributed by atoms with Gasteiger partial charge in [-0.15, -0.1) is 0 Å². The SMILES string of the molecule is O=C(O)c1ccc(-c2ccc(Cl)cn2)[nH]1. The van der Waals surface area contributed by atoms with E-state index in [-0.39, 0.29) is 5.69 Å². The van der Waals surface area contributed by atoms with Crippen LogP contribution in [0.1, 0.15) is 10.5 Å². The van der Waals surface area contributed by atoms with Crippen molar-refractivity contribution >= 4 is 17.6 Å². The van der Waals surface area contributed by atoms with Crippen molar-refractivity contribution in [3.63, 3.8) is 0 Å². The molecule has 0 aromatic carbocycles. The molecule has 4 nitrogen and oxygen atoms in total. The summed E-state index contributed by atoms with van der Waals surface area (Å²) in [5.74, 6) is -0.991. The van der Waals surface area contributed by atoms with Crippen LogP contribution in [0, 0.1) is 0 Å². The molecule has 0 unspecified atom stereocenters. The van der Waals surface area contributed by atoms with E-state index >= 15 is 0 Å². The fourth-order valence-corrected chi connectivity index (χ4v) is 1.32. The molecule has 2 heterocycles. The molecule has 0 amide bonds. The molecule has 0 saturated carbocycles. The standard InChI is InChI=1S/C10H7ClN2O2/c11-6-1-2-7(12-5-6)8-3-4-9(13-8)10(14)15/h1-5,13H,(H,14,15). The van der Waals surface area contributed by atoms with Crippen LogP contribution in [0.25, 0.3) is 11.4 Å². The van der Waals surface area contributed by atoms with E-state index in [1.165, 1.54) is 12.3 Å². The molecular weight excluding hydrogens is 216 g/mol. The van der Waals surface area contributed by atoms with Gasteiger partial charge in [0.05, 0.1) is 16.4 Å². The first-order valence-electron chi connectivity index (χ1n) is 4.21. The average Bonchev–Trinajstić information content (AvgIpc) is 2.68. The van der Waals surface area contributed by atoms with E-state index in [4.69, 9.17) is 16.7 Å². The molecule has 0 fully saturated rings. The van der Waals surface area contributed by atoms with E-state index in [2.05, 4.69) is 9.97 Å². The first kappa shape index (κ1) is 9.73. The van der Waals surface area contributed by atoms with Crippen molar-refractivity contribution in [2.75, 3.05) is 0 Å². The monoisotopic (exact) mass is 222 g/mol. The van der Waals surface area contributed by atoms with Crippen molar-refractivity contribution in [1.82, 2.24) is 9.97 Å². The molecule has 5 heteroatoms. The third-order valence-electron chi connectivity index (χ3n) is 1.92. The lowest BCUT2D eigenvalue weighted by Gasteiger charge is -1.96. The number of nitrogens with zero attached hydrogens (tertiary/aromatic N) is 1. The van der Waals surface area contributed by atoms with Gasteiger partial charge in [0.1, 0.15) is 5.69 Å². The Balaban J connectivity index is 2.37. The maximum atomic E-state index is 10.6. The summed E-state index contributed by atoms with van der Waals surface area (Å²) >= 11 is 5.69. The summed E-state index contributed by atoms with van der Waals surface area (Å²) in [5.41, 5.74) is 1.46. The van der Waals surface area contributed by atoms with Crippen molar-refractivity contribution < 1.29 is 9.90 Å². The number of aromatic carboxylic acids is 1. The number of carboxylic acid groups (broad SMARTS) is 1. The second-order valence-electron chi connectivity index (χ2n) is 2.95. The molecule has 0 saturated heterocycles. The van der Waals surface area contributed by atoms with Gasteiger partial charge in [-0.2, -0.15) is 0 Å². The molecule has 2 aromatic heterocycles. The van der Waals surface area contributed by atoms with Crippen LogP contribution in [0.4, 0.5) is 0 Å². The first-order chi connectivity index (χ1) is 7.16. The molecule has 0 atom stereocenters. The summed E-state index contributed by atoms with van der Waals surface area (Å²) in [6.07, 6.45) is 1.51. The number of halogens is 1. The van der Waals surface area contributed by atoms with Crippen LogP contribution in [0.5, 0.6) is 0 Å². The minimum Gasteiger partial charge on any atom is -0.477 e. The van der Waals surface area contributed by atoms with Crippen molar-refractivity contribution in [3.8, 4) is 11.4 Å². The number of H-pyrrole nitrogens is 1. The Hall–Kier alpha value is -1.81. The van der Waals surface area contributed by atoms with Crippen LogP contribution in [0.15, 0.2) is 30.5 Å². The normalized spacial score (nSPS) is 10.2. The lowest BCUT2D eigenvalue weighted by molar-refractivity contribution is 0.0691. The zero-order valence-corrected chi connectivity index (χ0v) is 8.32. The molecule has 0 aliphatic rings. The molecule has 76 valence electrons. The maximum absolute atomic E-state index is 10.6. The van der Waals surface area contributed by atoms with Gasteiger partial charge < -0.3 is 10.1 Å². The third kappa shape index (κ3) is 1.99. The Morgan fingerprint density at radius 2 is 2.13 bits per heavy atom. The van der Waals surface area contributed by atoms with Crippen molar-refractivity contribution in [2.45, 2.75) is 0 Å². The van der Waals surface area contributed by atoms with Gasteiger partial charge in [0.25, 0.3) is 0 Å². The van der Waals surface area contributed by atoms with Gasteiger partial charge in [-0.05, 0) is 24.3 Å². The number of pyridine rings is 1. The highest BCUT2D eigenvalue weighted by Gasteiger charge is 2.07. The molecule has 0 aliphatic carbocycles. The van der Waals surface area contributed by atoms with Crippen LogP contribution in [-0.4, -0.2) is 21.0 Å². The molecule has 15 heavy (non-hydrogen) atoms. The maximum Gasteiger partial charge on any atom is 0.352 e. The average molecular weight is 223 g/mol. The minimum atomic E-state index is -0.991. The van der Waals surface area contributed by atoms with E-state index in [0.717, 1.165) is 0 Å². The smallest absolute Gasteiger partial charge is 0.352 e. The zero-order valence-electron chi connectivity index (χ0n) is 7.57. The molecule has 0 radical (unpaired) electrons. The fourth-order valence-electron chi connectivity index (χ4n) is 1.20.